The third-order valence-corrected chi connectivity index (χ3v) is 4.20. The molecular formula is C16H18BrN5O. The van der Waals surface area contributed by atoms with Crippen LogP contribution in [0.3, 0.4) is 0 Å². The number of hydrogen-bond acceptors (Lipinski definition) is 5. The summed E-state index contributed by atoms with van der Waals surface area (Å²) in [4.78, 5) is 23.8. The molecule has 1 aliphatic rings. The molecule has 1 aromatic heterocycles. The number of piperazine rings is 1. The normalized spacial score (nSPS) is 14.7. The number of benzene rings is 1. The summed E-state index contributed by atoms with van der Waals surface area (Å²) in [5.74, 6) is 1.47. The number of amides is 1. The highest BCUT2D eigenvalue weighted by molar-refractivity contribution is 9.10. The van der Waals surface area contributed by atoms with Crippen molar-refractivity contribution in [2.24, 2.45) is 0 Å². The summed E-state index contributed by atoms with van der Waals surface area (Å²) < 4.78 is 1.00. The summed E-state index contributed by atoms with van der Waals surface area (Å²) in [5.41, 5.74) is 1.84. The van der Waals surface area contributed by atoms with Crippen LogP contribution in [0.2, 0.25) is 0 Å². The van der Waals surface area contributed by atoms with Gasteiger partial charge in [-0.1, -0.05) is 22.0 Å². The lowest BCUT2D eigenvalue weighted by molar-refractivity contribution is -0.118. The molecular weight excluding hydrogens is 358 g/mol. The summed E-state index contributed by atoms with van der Waals surface area (Å²) in [7, 11) is 0. The Labute approximate surface area is 143 Å². The van der Waals surface area contributed by atoms with Crippen molar-refractivity contribution >= 4 is 39.8 Å². The number of nitrogens with zero attached hydrogens (tertiary/aromatic N) is 4. The van der Waals surface area contributed by atoms with Crippen molar-refractivity contribution in [1.29, 1.82) is 0 Å². The SMILES string of the molecule is Cc1cc(N2CCN(C=O)CC2)nc(Nc2cccc(Br)c2)n1. The van der Waals surface area contributed by atoms with E-state index < -0.39 is 0 Å². The second kappa shape index (κ2) is 6.95. The lowest BCUT2D eigenvalue weighted by Crippen LogP contribution is -2.46. The lowest BCUT2D eigenvalue weighted by atomic mass is 10.3. The van der Waals surface area contributed by atoms with Gasteiger partial charge in [0.1, 0.15) is 5.82 Å². The van der Waals surface area contributed by atoms with Crippen LogP contribution in [-0.2, 0) is 4.79 Å². The summed E-state index contributed by atoms with van der Waals surface area (Å²) >= 11 is 3.46. The van der Waals surface area contributed by atoms with Crippen LogP contribution in [0, 0.1) is 6.92 Å². The maximum Gasteiger partial charge on any atom is 0.229 e. The second-order valence-electron chi connectivity index (χ2n) is 5.45. The fourth-order valence-corrected chi connectivity index (χ4v) is 2.92. The zero-order valence-corrected chi connectivity index (χ0v) is 14.5. The summed E-state index contributed by atoms with van der Waals surface area (Å²) in [6, 6.07) is 9.86. The first-order valence-corrected chi connectivity index (χ1v) is 8.26. The van der Waals surface area contributed by atoms with Gasteiger partial charge in [0.15, 0.2) is 0 Å². The predicted molar refractivity (Wildman–Crippen MR) is 94.0 cm³/mol. The molecule has 1 amide bonds. The average molecular weight is 376 g/mol. The van der Waals surface area contributed by atoms with Crippen LogP contribution in [0.1, 0.15) is 5.69 Å². The highest BCUT2D eigenvalue weighted by Crippen LogP contribution is 2.21. The zero-order chi connectivity index (χ0) is 16.2. The predicted octanol–water partition coefficient (Wildman–Crippen LogP) is 2.57. The Bertz CT molecular complexity index is 701. The first-order chi connectivity index (χ1) is 11.1. The topological polar surface area (TPSA) is 61.4 Å². The van der Waals surface area contributed by atoms with Gasteiger partial charge in [-0.25, -0.2) is 4.98 Å². The van der Waals surface area contributed by atoms with Crippen LogP contribution in [0.15, 0.2) is 34.8 Å². The molecule has 0 radical (unpaired) electrons. The van der Waals surface area contributed by atoms with E-state index in [1.54, 1.807) is 4.90 Å². The molecule has 6 nitrogen and oxygen atoms in total. The molecule has 3 rings (SSSR count). The Hall–Kier alpha value is -2.15. The largest absolute Gasteiger partial charge is 0.353 e. The Morgan fingerprint density at radius 3 is 2.65 bits per heavy atom. The van der Waals surface area contributed by atoms with Gasteiger partial charge < -0.3 is 15.1 Å². The van der Waals surface area contributed by atoms with Crippen molar-refractivity contribution < 1.29 is 4.79 Å². The van der Waals surface area contributed by atoms with Crippen molar-refractivity contribution in [2.75, 3.05) is 36.4 Å². The Balaban J connectivity index is 1.78. The lowest BCUT2D eigenvalue weighted by Gasteiger charge is -2.33. The highest BCUT2D eigenvalue weighted by atomic mass is 79.9. The number of nitrogens with one attached hydrogen (secondary N) is 1. The molecule has 1 aromatic carbocycles. The first-order valence-electron chi connectivity index (χ1n) is 7.46. The van der Waals surface area contributed by atoms with Crippen LogP contribution in [0.5, 0.6) is 0 Å². The number of hydrogen-bond donors (Lipinski definition) is 1. The monoisotopic (exact) mass is 375 g/mol. The molecule has 1 N–H and O–H groups in total. The van der Waals surface area contributed by atoms with Crippen molar-refractivity contribution in [3.63, 3.8) is 0 Å². The number of carbonyl (C=O) groups is 1. The fourth-order valence-electron chi connectivity index (χ4n) is 2.52. The molecule has 1 aliphatic heterocycles. The average Bonchev–Trinajstić information content (AvgIpc) is 2.54. The molecule has 120 valence electrons. The molecule has 7 heteroatoms. The molecule has 2 heterocycles. The van der Waals surface area contributed by atoms with Crippen molar-refractivity contribution in [2.45, 2.75) is 6.92 Å². The molecule has 0 aliphatic carbocycles. The quantitative estimate of drug-likeness (QED) is 0.832. The molecule has 0 unspecified atom stereocenters. The number of aryl methyl sites for hydroxylation is 1. The third kappa shape index (κ3) is 3.98. The molecule has 0 bridgehead atoms. The minimum atomic E-state index is 0.580. The van der Waals surface area contributed by atoms with Crippen LogP contribution in [-0.4, -0.2) is 47.5 Å². The van der Waals surface area contributed by atoms with Gasteiger partial charge in [-0.05, 0) is 25.1 Å². The highest BCUT2D eigenvalue weighted by Gasteiger charge is 2.17. The van der Waals surface area contributed by atoms with Gasteiger partial charge in [-0.2, -0.15) is 4.98 Å². The number of halogens is 1. The van der Waals surface area contributed by atoms with Crippen LogP contribution < -0.4 is 10.2 Å². The van der Waals surface area contributed by atoms with Crippen LogP contribution in [0.25, 0.3) is 0 Å². The minimum absolute atomic E-state index is 0.580. The summed E-state index contributed by atoms with van der Waals surface area (Å²) in [6.45, 7) is 4.97. The van der Waals surface area contributed by atoms with Gasteiger partial charge in [-0.15, -0.1) is 0 Å². The minimum Gasteiger partial charge on any atom is -0.353 e. The maximum absolute atomic E-state index is 10.8. The van der Waals surface area contributed by atoms with Crippen molar-refractivity contribution in [3.8, 4) is 0 Å². The smallest absolute Gasteiger partial charge is 0.229 e. The Morgan fingerprint density at radius 2 is 1.96 bits per heavy atom. The van der Waals surface area contributed by atoms with E-state index in [1.807, 2.05) is 37.3 Å². The van der Waals surface area contributed by atoms with E-state index >= 15 is 0 Å². The molecule has 0 saturated carbocycles. The number of aromatic nitrogens is 2. The van der Waals surface area contributed by atoms with E-state index in [2.05, 4.69) is 36.1 Å². The first kappa shape index (κ1) is 15.7. The van der Waals surface area contributed by atoms with Gasteiger partial charge >= 0.3 is 0 Å². The van der Waals surface area contributed by atoms with Crippen LogP contribution in [0.4, 0.5) is 17.5 Å². The van der Waals surface area contributed by atoms with E-state index in [0.717, 1.165) is 54.3 Å². The van der Waals surface area contributed by atoms with E-state index in [0.29, 0.717) is 5.95 Å². The maximum atomic E-state index is 10.8. The van der Waals surface area contributed by atoms with E-state index in [1.165, 1.54) is 0 Å². The van der Waals surface area contributed by atoms with Gasteiger partial charge in [0.25, 0.3) is 0 Å². The van der Waals surface area contributed by atoms with Gasteiger partial charge in [0.2, 0.25) is 12.4 Å². The molecule has 23 heavy (non-hydrogen) atoms. The van der Waals surface area contributed by atoms with E-state index in [9.17, 15) is 4.79 Å². The molecule has 1 fully saturated rings. The van der Waals surface area contributed by atoms with Gasteiger partial charge in [0, 0.05) is 48.1 Å². The summed E-state index contributed by atoms with van der Waals surface area (Å²) in [6.07, 6.45) is 0.906. The number of rotatable bonds is 4. The third-order valence-electron chi connectivity index (χ3n) is 3.71. The van der Waals surface area contributed by atoms with Crippen molar-refractivity contribution in [1.82, 2.24) is 14.9 Å². The van der Waals surface area contributed by atoms with E-state index in [-0.39, 0.29) is 0 Å². The van der Waals surface area contributed by atoms with Gasteiger partial charge in [0.05, 0.1) is 0 Å². The van der Waals surface area contributed by atoms with Crippen molar-refractivity contribution in [3.05, 3.63) is 40.5 Å². The Morgan fingerprint density at radius 1 is 1.17 bits per heavy atom. The molecule has 0 spiro atoms. The van der Waals surface area contributed by atoms with Gasteiger partial charge in [-0.3, -0.25) is 4.79 Å². The molecule has 2 aromatic rings. The number of carbonyl (C=O) groups excluding carboxylic acids is 1. The zero-order valence-electron chi connectivity index (χ0n) is 12.9. The van der Waals surface area contributed by atoms with Crippen LogP contribution >= 0.6 is 15.9 Å². The fraction of sp³-hybridized carbons (Fsp3) is 0.312. The Kier molecular flexibility index (Phi) is 4.76. The summed E-state index contributed by atoms with van der Waals surface area (Å²) in [5, 5.41) is 3.24. The second-order valence-corrected chi connectivity index (χ2v) is 6.37. The standard InChI is InChI=1S/C16H18BrN5O/c1-12-9-15(22-7-5-21(11-23)6-8-22)20-16(18-12)19-14-4-2-3-13(17)10-14/h2-4,9-11H,5-8H2,1H3,(H,18,19,20). The van der Waals surface area contributed by atoms with E-state index in [4.69, 9.17) is 0 Å². The molecule has 1 saturated heterocycles. The number of anilines is 3. The molecule has 0 atom stereocenters.